The highest BCUT2D eigenvalue weighted by molar-refractivity contribution is 5.84. The van der Waals surface area contributed by atoms with E-state index >= 15 is 0 Å². The van der Waals surface area contributed by atoms with Crippen LogP contribution in [0.1, 0.15) is 30.7 Å². The molecule has 2 rings (SSSR count). The summed E-state index contributed by atoms with van der Waals surface area (Å²) in [5.41, 5.74) is 2.49. The molecule has 8 heteroatoms. The van der Waals surface area contributed by atoms with Crippen molar-refractivity contribution in [3.05, 3.63) is 35.8 Å². The van der Waals surface area contributed by atoms with Gasteiger partial charge in [-0.05, 0) is 31.9 Å². The Bertz CT molecular complexity index is 768. The maximum absolute atomic E-state index is 12.0. The third-order valence-corrected chi connectivity index (χ3v) is 3.70. The summed E-state index contributed by atoms with van der Waals surface area (Å²) in [6, 6.07) is 4.41. The van der Waals surface area contributed by atoms with E-state index in [1.807, 2.05) is 35.7 Å². The normalized spacial score (nSPS) is 12.0. The van der Waals surface area contributed by atoms with Crippen LogP contribution in [0.5, 0.6) is 0 Å². The fourth-order valence-corrected chi connectivity index (χ4v) is 2.49. The zero-order valence-corrected chi connectivity index (χ0v) is 13.2. The summed E-state index contributed by atoms with van der Waals surface area (Å²) in [5, 5.41) is 20.0. The number of carboxylic acid groups (broad SMARTS) is 2. The second-order valence-corrected chi connectivity index (χ2v) is 5.46. The van der Waals surface area contributed by atoms with Gasteiger partial charge in [-0.15, -0.1) is 0 Å². The van der Waals surface area contributed by atoms with Crippen LogP contribution in [-0.2, 0) is 20.8 Å². The smallest absolute Gasteiger partial charge is 0.326 e. The monoisotopic (exact) mass is 333 g/mol. The molecule has 0 aliphatic heterocycles. The van der Waals surface area contributed by atoms with Gasteiger partial charge in [0.25, 0.3) is 0 Å². The van der Waals surface area contributed by atoms with Gasteiger partial charge < -0.3 is 19.9 Å². The van der Waals surface area contributed by atoms with E-state index in [-0.39, 0.29) is 19.3 Å². The van der Waals surface area contributed by atoms with Gasteiger partial charge in [-0.25, -0.2) is 9.78 Å². The first kappa shape index (κ1) is 17.5. The average Bonchev–Trinajstić information content (AvgIpc) is 2.84. The molecule has 0 saturated heterocycles. The standard InChI is InChI=1S/C16H19N3O5/c1-10-12(19-9-3-2-4-13(19)17-10)6-7-14(20)18-11(16(23)24)5-8-15(21)22/h2-4,9,11H,5-8H2,1H3,(H,18,20)(H,21,22)(H,23,24). The first-order valence-electron chi connectivity index (χ1n) is 7.55. The Kier molecular flexibility index (Phi) is 5.51. The third-order valence-electron chi connectivity index (χ3n) is 3.70. The lowest BCUT2D eigenvalue weighted by atomic mass is 10.1. The number of fused-ring (bicyclic) bond motifs is 1. The zero-order chi connectivity index (χ0) is 17.7. The average molecular weight is 333 g/mol. The van der Waals surface area contributed by atoms with Crippen molar-refractivity contribution in [2.45, 2.75) is 38.6 Å². The zero-order valence-electron chi connectivity index (χ0n) is 13.2. The van der Waals surface area contributed by atoms with Gasteiger partial charge in [-0.3, -0.25) is 9.59 Å². The number of aromatic nitrogens is 2. The van der Waals surface area contributed by atoms with Gasteiger partial charge in [0.15, 0.2) is 0 Å². The van der Waals surface area contributed by atoms with Crippen LogP contribution in [0, 0.1) is 6.92 Å². The molecule has 0 aliphatic rings. The number of nitrogens with one attached hydrogen (secondary N) is 1. The Hall–Kier alpha value is -2.90. The van der Waals surface area contributed by atoms with Gasteiger partial charge in [0.05, 0.1) is 5.69 Å². The maximum Gasteiger partial charge on any atom is 0.326 e. The quantitative estimate of drug-likeness (QED) is 0.663. The lowest BCUT2D eigenvalue weighted by Crippen LogP contribution is -2.41. The van der Waals surface area contributed by atoms with Gasteiger partial charge in [-0.2, -0.15) is 0 Å². The molecule has 1 atom stereocenters. The molecule has 0 bridgehead atoms. The Morgan fingerprint density at radius 2 is 2.00 bits per heavy atom. The molecule has 1 amide bonds. The number of carboxylic acids is 2. The molecule has 0 fully saturated rings. The molecule has 8 nitrogen and oxygen atoms in total. The van der Waals surface area contributed by atoms with Crippen molar-refractivity contribution >= 4 is 23.5 Å². The molecule has 3 N–H and O–H groups in total. The third kappa shape index (κ3) is 4.31. The minimum atomic E-state index is -1.24. The Balaban J connectivity index is 1.97. The number of carbonyl (C=O) groups is 3. The number of carbonyl (C=O) groups excluding carboxylic acids is 1. The molecule has 2 heterocycles. The first-order valence-corrected chi connectivity index (χ1v) is 7.55. The lowest BCUT2D eigenvalue weighted by Gasteiger charge is -2.13. The van der Waals surface area contributed by atoms with Gasteiger partial charge >= 0.3 is 11.9 Å². The molecule has 2 aromatic heterocycles. The predicted octanol–water partition coefficient (Wildman–Crippen LogP) is 1.01. The van der Waals surface area contributed by atoms with E-state index in [4.69, 9.17) is 10.2 Å². The van der Waals surface area contributed by atoms with Crippen molar-refractivity contribution in [1.29, 1.82) is 0 Å². The highest BCUT2D eigenvalue weighted by Crippen LogP contribution is 2.13. The fraction of sp³-hybridized carbons (Fsp3) is 0.375. The second-order valence-electron chi connectivity index (χ2n) is 5.46. The molecular formula is C16H19N3O5. The van der Waals surface area contributed by atoms with Crippen LogP contribution < -0.4 is 5.32 Å². The van der Waals surface area contributed by atoms with Gasteiger partial charge in [-0.1, -0.05) is 6.07 Å². The number of hydrogen-bond acceptors (Lipinski definition) is 4. The molecular weight excluding hydrogens is 314 g/mol. The molecule has 1 unspecified atom stereocenters. The fourth-order valence-electron chi connectivity index (χ4n) is 2.49. The number of amides is 1. The summed E-state index contributed by atoms with van der Waals surface area (Å²) >= 11 is 0. The van der Waals surface area contributed by atoms with E-state index in [1.165, 1.54) is 0 Å². The van der Waals surface area contributed by atoms with Gasteiger partial charge in [0.1, 0.15) is 11.7 Å². The number of hydrogen-bond donors (Lipinski definition) is 3. The van der Waals surface area contributed by atoms with Gasteiger partial charge in [0.2, 0.25) is 5.91 Å². The van der Waals surface area contributed by atoms with Crippen LogP contribution in [0.25, 0.3) is 5.65 Å². The van der Waals surface area contributed by atoms with E-state index in [0.29, 0.717) is 6.42 Å². The Morgan fingerprint density at radius 3 is 2.67 bits per heavy atom. The minimum Gasteiger partial charge on any atom is -0.481 e. The number of aliphatic carboxylic acids is 2. The van der Waals surface area contributed by atoms with Crippen molar-refractivity contribution in [3.63, 3.8) is 0 Å². The van der Waals surface area contributed by atoms with Crippen LogP contribution in [0.3, 0.4) is 0 Å². The molecule has 24 heavy (non-hydrogen) atoms. The number of imidazole rings is 1. The highest BCUT2D eigenvalue weighted by atomic mass is 16.4. The molecule has 0 radical (unpaired) electrons. The first-order chi connectivity index (χ1) is 11.4. The Labute approximate surface area is 138 Å². The molecule has 0 saturated carbocycles. The van der Waals surface area contributed by atoms with E-state index in [9.17, 15) is 14.4 Å². The van der Waals surface area contributed by atoms with E-state index in [1.54, 1.807) is 0 Å². The second kappa shape index (κ2) is 7.58. The van der Waals surface area contributed by atoms with E-state index in [0.717, 1.165) is 17.0 Å². The van der Waals surface area contributed by atoms with Crippen molar-refractivity contribution in [3.8, 4) is 0 Å². The van der Waals surface area contributed by atoms with E-state index in [2.05, 4.69) is 10.3 Å². The molecule has 128 valence electrons. The van der Waals surface area contributed by atoms with Crippen molar-refractivity contribution in [1.82, 2.24) is 14.7 Å². The molecule has 2 aromatic rings. The van der Waals surface area contributed by atoms with Crippen molar-refractivity contribution < 1.29 is 24.6 Å². The molecule has 0 spiro atoms. The van der Waals surface area contributed by atoms with Crippen LogP contribution in [-0.4, -0.2) is 43.5 Å². The Morgan fingerprint density at radius 1 is 1.25 bits per heavy atom. The maximum atomic E-state index is 12.0. The number of aryl methyl sites for hydroxylation is 2. The number of nitrogens with zero attached hydrogens (tertiary/aromatic N) is 2. The van der Waals surface area contributed by atoms with Gasteiger partial charge in [0, 0.05) is 24.7 Å². The molecule has 0 aliphatic carbocycles. The lowest BCUT2D eigenvalue weighted by molar-refractivity contribution is -0.143. The van der Waals surface area contributed by atoms with Crippen LogP contribution >= 0.6 is 0 Å². The summed E-state index contributed by atoms with van der Waals surface area (Å²) in [6.45, 7) is 1.85. The predicted molar refractivity (Wildman–Crippen MR) is 84.7 cm³/mol. The number of pyridine rings is 1. The minimum absolute atomic E-state index is 0.0976. The van der Waals surface area contributed by atoms with Crippen LogP contribution in [0.2, 0.25) is 0 Å². The number of rotatable bonds is 8. The largest absolute Gasteiger partial charge is 0.481 e. The summed E-state index contributed by atoms with van der Waals surface area (Å²) in [6.07, 6.45) is 1.90. The highest BCUT2D eigenvalue weighted by Gasteiger charge is 2.21. The van der Waals surface area contributed by atoms with Crippen LogP contribution in [0.4, 0.5) is 0 Å². The summed E-state index contributed by atoms with van der Waals surface area (Å²) in [4.78, 5) is 38.0. The van der Waals surface area contributed by atoms with Crippen LogP contribution in [0.15, 0.2) is 24.4 Å². The summed E-state index contributed by atoms with van der Waals surface area (Å²) in [5.74, 6) is -2.77. The summed E-state index contributed by atoms with van der Waals surface area (Å²) in [7, 11) is 0. The summed E-state index contributed by atoms with van der Waals surface area (Å²) < 4.78 is 1.89. The van der Waals surface area contributed by atoms with Crippen molar-refractivity contribution in [2.24, 2.45) is 0 Å². The molecule has 0 aromatic carbocycles. The van der Waals surface area contributed by atoms with E-state index < -0.39 is 23.9 Å². The van der Waals surface area contributed by atoms with Crippen molar-refractivity contribution in [2.75, 3.05) is 0 Å². The topological polar surface area (TPSA) is 121 Å². The SMILES string of the molecule is Cc1nc2ccccn2c1CCC(=O)NC(CCC(=O)O)C(=O)O.